The van der Waals surface area contributed by atoms with Crippen LogP contribution >= 0.6 is 0 Å². The number of nitrogens with two attached hydrogens (primary N) is 1. The Labute approximate surface area is 107 Å². The van der Waals surface area contributed by atoms with E-state index in [0.717, 1.165) is 22.8 Å². The molecule has 0 aromatic carbocycles. The Hall–Kier alpha value is -2.10. The Kier molecular flexibility index (Phi) is 3.46. The van der Waals surface area contributed by atoms with Gasteiger partial charge in [0.05, 0.1) is 17.9 Å². The Morgan fingerprint density at radius 3 is 2.72 bits per heavy atom. The second-order valence-corrected chi connectivity index (χ2v) is 4.55. The zero-order valence-corrected chi connectivity index (χ0v) is 11.0. The summed E-state index contributed by atoms with van der Waals surface area (Å²) in [7, 11) is 1.97. The molecule has 0 spiro atoms. The largest absolute Gasteiger partial charge is 0.396 e. The van der Waals surface area contributed by atoms with Gasteiger partial charge in [-0.25, -0.2) is 4.98 Å². The molecule has 0 saturated carbocycles. The molecule has 4 heteroatoms. The molecule has 0 aliphatic carbocycles. The highest BCUT2D eigenvalue weighted by Crippen LogP contribution is 2.20. The summed E-state index contributed by atoms with van der Waals surface area (Å²) in [6.07, 6.45) is 1.83. The van der Waals surface area contributed by atoms with Crippen LogP contribution in [0.4, 0.5) is 11.5 Å². The fraction of sp³-hybridized carbons (Fsp3) is 0.286. The lowest BCUT2D eigenvalue weighted by Gasteiger charge is -2.19. The van der Waals surface area contributed by atoms with Crippen molar-refractivity contribution in [2.24, 2.45) is 0 Å². The average Bonchev–Trinajstić information content (AvgIpc) is 2.28. The van der Waals surface area contributed by atoms with Gasteiger partial charge in [0.1, 0.15) is 0 Å². The fourth-order valence-corrected chi connectivity index (χ4v) is 1.91. The molecule has 2 rings (SSSR count). The minimum atomic E-state index is 0.696. The van der Waals surface area contributed by atoms with Gasteiger partial charge in [0, 0.05) is 18.9 Å². The number of nitrogen functional groups attached to an aromatic ring is 1. The van der Waals surface area contributed by atoms with E-state index in [1.54, 1.807) is 0 Å². The summed E-state index contributed by atoms with van der Waals surface area (Å²) in [5, 5.41) is 0. The van der Waals surface area contributed by atoms with Crippen LogP contribution in [-0.2, 0) is 6.54 Å². The van der Waals surface area contributed by atoms with Crippen LogP contribution in [0.15, 0.2) is 30.5 Å². The first-order chi connectivity index (χ1) is 8.56. The van der Waals surface area contributed by atoms with E-state index in [1.165, 1.54) is 0 Å². The van der Waals surface area contributed by atoms with Crippen LogP contribution in [0.3, 0.4) is 0 Å². The van der Waals surface area contributed by atoms with E-state index < -0.39 is 0 Å². The number of aryl methyl sites for hydroxylation is 2. The van der Waals surface area contributed by atoms with E-state index in [9.17, 15) is 0 Å². The van der Waals surface area contributed by atoms with Gasteiger partial charge in [-0.1, -0.05) is 6.07 Å². The second kappa shape index (κ2) is 5.04. The van der Waals surface area contributed by atoms with Crippen molar-refractivity contribution >= 4 is 11.5 Å². The maximum atomic E-state index is 5.98. The van der Waals surface area contributed by atoms with Crippen molar-refractivity contribution in [3.05, 3.63) is 47.4 Å². The lowest BCUT2D eigenvalue weighted by atomic mass is 10.2. The third-order valence-electron chi connectivity index (χ3n) is 2.74. The Morgan fingerprint density at radius 2 is 2.06 bits per heavy atom. The number of anilines is 2. The first-order valence-electron chi connectivity index (χ1n) is 5.92. The maximum absolute atomic E-state index is 5.98. The first-order valence-corrected chi connectivity index (χ1v) is 5.92. The van der Waals surface area contributed by atoms with Crippen LogP contribution in [0.25, 0.3) is 0 Å². The third-order valence-corrected chi connectivity index (χ3v) is 2.74. The molecule has 18 heavy (non-hydrogen) atoms. The zero-order valence-electron chi connectivity index (χ0n) is 11.0. The molecule has 2 heterocycles. The first kappa shape index (κ1) is 12.4. The van der Waals surface area contributed by atoms with Crippen molar-refractivity contribution in [1.29, 1.82) is 0 Å². The molecule has 0 atom stereocenters. The van der Waals surface area contributed by atoms with Gasteiger partial charge >= 0.3 is 0 Å². The van der Waals surface area contributed by atoms with Gasteiger partial charge in [-0.15, -0.1) is 0 Å². The second-order valence-electron chi connectivity index (χ2n) is 4.55. The van der Waals surface area contributed by atoms with Crippen molar-refractivity contribution in [2.75, 3.05) is 17.7 Å². The van der Waals surface area contributed by atoms with Gasteiger partial charge in [-0.2, -0.15) is 0 Å². The summed E-state index contributed by atoms with van der Waals surface area (Å²) in [5.74, 6) is 0.795. The van der Waals surface area contributed by atoms with Crippen LogP contribution < -0.4 is 10.6 Å². The summed E-state index contributed by atoms with van der Waals surface area (Å²) in [4.78, 5) is 10.9. The standard InChI is InChI=1S/C14H18N4/c1-10-7-13(15)14(16-8-10)18(3)9-12-6-4-5-11(2)17-12/h4-8H,9,15H2,1-3H3. The minimum absolute atomic E-state index is 0.696. The number of nitrogens with zero attached hydrogens (tertiary/aromatic N) is 3. The van der Waals surface area contributed by atoms with Crippen LogP contribution in [0.2, 0.25) is 0 Å². The van der Waals surface area contributed by atoms with Crippen LogP contribution in [0.5, 0.6) is 0 Å². The van der Waals surface area contributed by atoms with Crippen molar-refractivity contribution in [3.63, 3.8) is 0 Å². The van der Waals surface area contributed by atoms with E-state index in [0.29, 0.717) is 12.2 Å². The Balaban J connectivity index is 2.19. The van der Waals surface area contributed by atoms with Gasteiger partial charge in [0.15, 0.2) is 5.82 Å². The molecule has 0 bridgehead atoms. The Bertz CT molecular complexity index is 551. The predicted octanol–water partition coefficient (Wildman–Crippen LogP) is 2.31. The predicted molar refractivity (Wildman–Crippen MR) is 74.5 cm³/mol. The van der Waals surface area contributed by atoms with Gasteiger partial charge in [-0.3, -0.25) is 4.98 Å². The Morgan fingerprint density at radius 1 is 1.28 bits per heavy atom. The smallest absolute Gasteiger partial charge is 0.151 e. The molecular weight excluding hydrogens is 224 g/mol. The quantitative estimate of drug-likeness (QED) is 0.897. The molecule has 0 radical (unpaired) electrons. The third kappa shape index (κ3) is 2.77. The SMILES string of the molecule is Cc1cnc(N(C)Cc2cccc(C)n2)c(N)c1. The monoisotopic (exact) mass is 242 g/mol. The van der Waals surface area contributed by atoms with Crippen LogP contribution in [-0.4, -0.2) is 17.0 Å². The maximum Gasteiger partial charge on any atom is 0.151 e. The number of aromatic nitrogens is 2. The van der Waals surface area contributed by atoms with Gasteiger partial charge in [0.25, 0.3) is 0 Å². The molecule has 2 aromatic heterocycles. The van der Waals surface area contributed by atoms with Crippen molar-refractivity contribution in [2.45, 2.75) is 20.4 Å². The topological polar surface area (TPSA) is 55.0 Å². The summed E-state index contributed by atoms with van der Waals surface area (Å²) in [6.45, 7) is 4.67. The number of hydrogen-bond acceptors (Lipinski definition) is 4. The van der Waals surface area contributed by atoms with Gasteiger partial charge in [0.2, 0.25) is 0 Å². The van der Waals surface area contributed by atoms with E-state index in [2.05, 4.69) is 9.97 Å². The highest BCUT2D eigenvalue weighted by molar-refractivity contribution is 5.62. The molecule has 0 aliphatic rings. The van der Waals surface area contributed by atoms with Crippen molar-refractivity contribution < 1.29 is 0 Å². The van der Waals surface area contributed by atoms with E-state index in [4.69, 9.17) is 5.73 Å². The van der Waals surface area contributed by atoms with E-state index in [1.807, 2.05) is 56.3 Å². The zero-order chi connectivity index (χ0) is 13.1. The summed E-state index contributed by atoms with van der Waals surface area (Å²) < 4.78 is 0. The number of rotatable bonds is 3. The minimum Gasteiger partial charge on any atom is -0.396 e. The summed E-state index contributed by atoms with van der Waals surface area (Å²) >= 11 is 0. The number of pyridine rings is 2. The van der Waals surface area contributed by atoms with E-state index >= 15 is 0 Å². The lowest BCUT2D eigenvalue weighted by Crippen LogP contribution is -2.20. The number of hydrogen-bond donors (Lipinski definition) is 1. The van der Waals surface area contributed by atoms with E-state index in [-0.39, 0.29) is 0 Å². The highest BCUT2D eigenvalue weighted by Gasteiger charge is 2.08. The van der Waals surface area contributed by atoms with Gasteiger partial charge < -0.3 is 10.6 Å². The molecule has 94 valence electrons. The normalized spacial score (nSPS) is 10.4. The van der Waals surface area contributed by atoms with Crippen LogP contribution in [0, 0.1) is 13.8 Å². The van der Waals surface area contributed by atoms with Crippen molar-refractivity contribution in [3.8, 4) is 0 Å². The summed E-state index contributed by atoms with van der Waals surface area (Å²) in [6, 6.07) is 7.94. The molecule has 0 amide bonds. The molecule has 4 nitrogen and oxygen atoms in total. The highest BCUT2D eigenvalue weighted by atomic mass is 15.2. The van der Waals surface area contributed by atoms with Gasteiger partial charge in [-0.05, 0) is 37.6 Å². The lowest BCUT2D eigenvalue weighted by molar-refractivity contribution is 0.860. The molecule has 0 aliphatic heterocycles. The molecule has 0 fully saturated rings. The van der Waals surface area contributed by atoms with Crippen molar-refractivity contribution in [1.82, 2.24) is 9.97 Å². The van der Waals surface area contributed by atoms with Crippen LogP contribution in [0.1, 0.15) is 17.0 Å². The molecule has 0 saturated heterocycles. The fourth-order valence-electron chi connectivity index (χ4n) is 1.91. The molecular formula is C14H18N4. The molecule has 2 aromatic rings. The summed E-state index contributed by atoms with van der Waals surface area (Å²) in [5.41, 5.74) is 9.78. The average molecular weight is 242 g/mol. The molecule has 2 N–H and O–H groups in total. The molecule has 0 unspecified atom stereocenters.